The lowest BCUT2D eigenvalue weighted by Crippen LogP contribution is -2.39. The van der Waals surface area contributed by atoms with Crippen molar-refractivity contribution in [3.8, 4) is 6.07 Å². The molecule has 120 valence electrons. The first kappa shape index (κ1) is 16.7. The number of nitriles is 1. The number of alkyl halides is 3. The maximum atomic E-state index is 12.3. The molecule has 1 aliphatic heterocycles. The highest BCUT2D eigenvalue weighted by atomic mass is 32.2. The van der Waals surface area contributed by atoms with Crippen LogP contribution in [-0.4, -0.2) is 45.2 Å². The SMILES string of the molecule is N#Cc1cccc(S(=O)(=O)NC2CCN(CC(F)(F)F)C2)c1. The first-order valence-electron chi connectivity index (χ1n) is 6.51. The summed E-state index contributed by atoms with van der Waals surface area (Å²) >= 11 is 0. The summed E-state index contributed by atoms with van der Waals surface area (Å²) in [6.45, 7) is -0.850. The minimum Gasteiger partial charge on any atom is -0.293 e. The minimum absolute atomic E-state index is 0.0106. The minimum atomic E-state index is -4.30. The first-order chi connectivity index (χ1) is 10.2. The van der Waals surface area contributed by atoms with Gasteiger partial charge in [0.25, 0.3) is 0 Å². The van der Waals surface area contributed by atoms with Crippen molar-refractivity contribution >= 4 is 10.0 Å². The predicted octanol–water partition coefficient (Wildman–Crippen LogP) is 1.47. The number of likely N-dealkylation sites (tertiary alicyclic amines) is 1. The highest BCUT2D eigenvalue weighted by molar-refractivity contribution is 7.89. The maximum Gasteiger partial charge on any atom is 0.401 e. The van der Waals surface area contributed by atoms with Gasteiger partial charge in [0, 0.05) is 19.1 Å². The van der Waals surface area contributed by atoms with E-state index in [1.807, 2.05) is 6.07 Å². The molecule has 1 fully saturated rings. The third-order valence-corrected chi connectivity index (χ3v) is 4.79. The van der Waals surface area contributed by atoms with Gasteiger partial charge in [0.15, 0.2) is 0 Å². The smallest absolute Gasteiger partial charge is 0.293 e. The zero-order chi connectivity index (χ0) is 16.4. The van der Waals surface area contributed by atoms with Gasteiger partial charge in [-0.3, -0.25) is 4.90 Å². The molecular weight excluding hydrogens is 319 g/mol. The van der Waals surface area contributed by atoms with Crippen LogP contribution in [0.5, 0.6) is 0 Å². The van der Waals surface area contributed by atoms with Crippen LogP contribution in [0.1, 0.15) is 12.0 Å². The molecule has 0 spiro atoms. The van der Waals surface area contributed by atoms with Crippen LogP contribution in [0.15, 0.2) is 29.2 Å². The molecule has 1 heterocycles. The van der Waals surface area contributed by atoms with E-state index in [9.17, 15) is 21.6 Å². The van der Waals surface area contributed by atoms with Crippen LogP contribution in [-0.2, 0) is 10.0 Å². The molecule has 1 unspecified atom stereocenters. The zero-order valence-electron chi connectivity index (χ0n) is 11.5. The molecular formula is C13H14F3N3O2S. The Hall–Kier alpha value is -1.63. The van der Waals surface area contributed by atoms with Gasteiger partial charge in [-0.1, -0.05) is 6.07 Å². The highest BCUT2D eigenvalue weighted by Gasteiger charge is 2.35. The Bertz CT molecular complexity index is 683. The molecule has 1 aromatic carbocycles. The van der Waals surface area contributed by atoms with Crippen LogP contribution in [0.25, 0.3) is 0 Å². The largest absolute Gasteiger partial charge is 0.401 e. The second-order valence-electron chi connectivity index (χ2n) is 5.10. The molecule has 0 saturated carbocycles. The van der Waals surface area contributed by atoms with E-state index in [0.717, 1.165) is 0 Å². The maximum absolute atomic E-state index is 12.3. The Morgan fingerprint density at radius 2 is 2.14 bits per heavy atom. The van der Waals surface area contributed by atoms with Crippen molar-refractivity contribution in [3.63, 3.8) is 0 Å². The van der Waals surface area contributed by atoms with Crippen LogP contribution in [0.3, 0.4) is 0 Å². The third-order valence-electron chi connectivity index (χ3n) is 3.27. The Morgan fingerprint density at radius 3 is 2.77 bits per heavy atom. The van der Waals surface area contributed by atoms with Crippen molar-refractivity contribution in [2.75, 3.05) is 19.6 Å². The van der Waals surface area contributed by atoms with E-state index < -0.39 is 28.8 Å². The molecule has 1 N–H and O–H groups in total. The van der Waals surface area contributed by atoms with E-state index in [0.29, 0.717) is 6.42 Å². The van der Waals surface area contributed by atoms with Crippen LogP contribution < -0.4 is 4.72 Å². The zero-order valence-corrected chi connectivity index (χ0v) is 12.3. The first-order valence-corrected chi connectivity index (χ1v) is 7.99. The fourth-order valence-electron chi connectivity index (χ4n) is 2.35. The fourth-order valence-corrected chi connectivity index (χ4v) is 3.65. The van der Waals surface area contributed by atoms with Gasteiger partial charge in [0.05, 0.1) is 23.1 Å². The summed E-state index contributed by atoms with van der Waals surface area (Å²) in [5, 5.41) is 8.78. The quantitative estimate of drug-likeness (QED) is 0.906. The molecule has 0 amide bonds. The Balaban J connectivity index is 2.03. The third kappa shape index (κ3) is 4.43. The van der Waals surface area contributed by atoms with Crippen LogP contribution in [0.2, 0.25) is 0 Å². The summed E-state index contributed by atoms with van der Waals surface area (Å²) in [5.41, 5.74) is 0.202. The predicted molar refractivity (Wildman–Crippen MR) is 72.4 cm³/mol. The molecule has 1 aliphatic rings. The highest BCUT2D eigenvalue weighted by Crippen LogP contribution is 2.21. The number of benzene rings is 1. The van der Waals surface area contributed by atoms with Gasteiger partial charge in [-0.05, 0) is 24.6 Å². The standard InChI is InChI=1S/C13H14F3N3O2S/c14-13(15,16)9-19-5-4-11(8-19)18-22(20,21)12-3-1-2-10(6-12)7-17/h1-3,6,11,18H,4-5,8-9H2. The number of nitrogens with one attached hydrogen (secondary N) is 1. The summed E-state index contributed by atoms with van der Waals surface area (Å²) < 4.78 is 63.7. The molecule has 9 heteroatoms. The van der Waals surface area contributed by atoms with E-state index in [2.05, 4.69) is 4.72 Å². The van der Waals surface area contributed by atoms with Gasteiger partial charge >= 0.3 is 6.18 Å². The number of sulfonamides is 1. The van der Waals surface area contributed by atoms with Crippen molar-refractivity contribution < 1.29 is 21.6 Å². The van der Waals surface area contributed by atoms with E-state index in [-0.39, 0.29) is 23.5 Å². The molecule has 1 atom stereocenters. The summed E-state index contributed by atoms with van der Waals surface area (Å²) in [7, 11) is -3.85. The molecule has 5 nitrogen and oxygen atoms in total. The van der Waals surface area contributed by atoms with Crippen molar-refractivity contribution in [1.82, 2.24) is 9.62 Å². The van der Waals surface area contributed by atoms with E-state index in [1.165, 1.54) is 29.2 Å². The number of hydrogen-bond donors (Lipinski definition) is 1. The van der Waals surface area contributed by atoms with Gasteiger partial charge in [0.2, 0.25) is 10.0 Å². The second kappa shape index (κ2) is 6.24. The van der Waals surface area contributed by atoms with Crippen molar-refractivity contribution in [2.45, 2.75) is 23.5 Å². The van der Waals surface area contributed by atoms with Crippen LogP contribution in [0.4, 0.5) is 13.2 Å². The summed E-state index contributed by atoms with van der Waals surface area (Å²) in [4.78, 5) is 1.10. The normalized spacial score (nSPS) is 20.0. The molecule has 0 aliphatic carbocycles. The van der Waals surface area contributed by atoms with Crippen LogP contribution >= 0.6 is 0 Å². The van der Waals surface area contributed by atoms with Crippen molar-refractivity contribution in [2.24, 2.45) is 0 Å². The number of hydrogen-bond acceptors (Lipinski definition) is 4. The van der Waals surface area contributed by atoms with Gasteiger partial charge in [-0.25, -0.2) is 13.1 Å². The van der Waals surface area contributed by atoms with Crippen molar-refractivity contribution in [3.05, 3.63) is 29.8 Å². The lowest BCUT2D eigenvalue weighted by molar-refractivity contribution is -0.143. The van der Waals surface area contributed by atoms with Crippen LogP contribution in [0, 0.1) is 11.3 Å². The Labute approximate surface area is 126 Å². The molecule has 0 bridgehead atoms. The number of halogens is 3. The number of rotatable bonds is 4. The van der Waals surface area contributed by atoms with E-state index in [1.54, 1.807) is 0 Å². The molecule has 1 saturated heterocycles. The number of nitrogens with zero attached hydrogens (tertiary/aromatic N) is 2. The van der Waals surface area contributed by atoms with Gasteiger partial charge in [0.1, 0.15) is 0 Å². The lowest BCUT2D eigenvalue weighted by Gasteiger charge is -2.18. The summed E-state index contributed by atoms with van der Waals surface area (Å²) in [6.07, 6.45) is -3.98. The average molecular weight is 333 g/mol. The van der Waals surface area contributed by atoms with E-state index >= 15 is 0 Å². The van der Waals surface area contributed by atoms with Crippen molar-refractivity contribution in [1.29, 1.82) is 5.26 Å². The second-order valence-corrected chi connectivity index (χ2v) is 6.81. The Morgan fingerprint density at radius 1 is 1.41 bits per heavy atom. The molecule has 0 radical (unpaired) electrons. The summed E-state index contributed by atoms with van der Waals surface area (Å²) in [6, 6.07) is 6.75. The average Bonchev–Trinajstić information content (AvgIpc) is 2.83. The fraction of sp³-hybridized carbons (Fsp3) is 0.462. The molecule has 2 rings (SSSR count). The topological polar surface area (TPSA) is 73.2 Å². The lowest BCUT2D eigenvalue weighted by atomic mass is 10.2. The molecule has 1 aromatic rings. The monoisotopic (exact) mass is 333 g/mol. The Kier molecular flexibility index (Phi) is 4.75. The molecule has 22 heavy (non-hydrogen) atoms. The molecule has 0 aromatic heterocycles. The van der Waals surface area contributed by atoms with Gasteiger partial charge < -0.3 is 0 Å². The van der Waals surface area contributed by atoms with E-state index in [4.69, 9.17) is 5.26 Å². The van der Waals surface area contributed by atoms with Gasteiger partial charge in [-0.2, -0.15) is 18.4 Å². The summed E-state index contributed by atoms with van der Waals surface area (Å²) in [5.74, 6) is 0. The van der Waals surface area contributed by atoms with Gasteiger partial charge in [-0.15, -0.1) is 0 Å².